The lowest BCUT2D eigenvalue weighted by atomic mass is 10.1. The van der Waals surface area contributed by atoms with Crippen molar-refractivity contribution < 1.29 is 23.9 Å². The number of amides is 1. The molecule has 3 aromatic heterocycles. The predicted octanol–water partition coefficient (Wildman–Crippen LogP) is 3.12. The normalized spacial score (nSPS) is 12.3. The lowest BCUT2D eigenvalue weighted by molar-refractivity contribution is -0.119. The van der Waals surface area contributed by atoms with E-state index in [1.165, 1.54) is 28.1 Å². The number of carbonyl (C=O) groups is 3. The molecule has 31 heavy (non-hydrogen) atoms. The molecule has 0 radical (unpaired) electrons. The Morgan fingerprint density at radius 2 is 1.94 bits per heavy atom. The van der Waals surface area contributed by atoms with E-state index >= 15 is 0 Å². The number of thiophene rings is 1. The molecule has 1 N–H and O–H groups in total. The number of rotatable bonds is 7. The van der Waals surface area contributed by atoms with E-state index in [0.29, 0.717) is 21.4 Å². The van der Waals surface area contributed by atoms with Crippen LogP contribution in [-0.2, 0) is 27.1 Å². The molecule has 0 atom stereocenters. The van der Waals surface area contributed by atoms with Gasteiger partial charge in [0.2, 0.25) is 0 Å². The Kier molecular flexibility index (Phi) is 6.33. The second-order valence-corrected chi connectivity index (χ2v) is 8.48. The molecular formula is C20H18N4O5S2. The lowest BCUT2D eigenvalue weighted by Crippen LogP contribution is -2.22. The van der Waals surface area contributed by atoms with Gasteiger partial charge in [-0.05, 0) is 37.8 Å². The Balaban J connectivity index is 1.38. The largest absolute Gasteiger partial charge is 0.462 e. The van der Waals surface area contributed by atoms with Crippen LogP contribution in [0, 0.1) is 0 Å². The molecule has 1 aliphatic rings. The first-order valence-corrected chi connectivity index (χ1v) is 11.3. The fraction of sp³-hybridized carbons (Fsp3) is 0.300. The fourth-order valence-corrected chi connectivity index (χ4v) is 5.19. The van der Waals surface area contributed by atoms with Crippen molar-refractivity contribution in [3.63, 3.8) is 0 Å². The van der Waals surface area contributed by atoms with Crippen molar-refractivity contribution in [1.82, 2.24) is 15.0 Å². The van der Waals surface area contributed by atoms with Crippen molar-refractivity contribution in [2.45, 2.75) is 26.2 Å². The highest BCUT2D eigenvalue weighted by Gasteiger charge is 2.28. The van der Waals surface area contributed by atoms with Crippen LogP contribution in [0.2, 0.25) is 0 Å². The van der Waals surface area contributed by atoms with Crippen LogP contribution in [0.5, 0.6) is 0 Å². The van der Waals surface area contributed by atoms with Gasteiger partial charge in [0.25, 0.3) is 5.91 Å². The average Bonchev–Trinajstić information content (AvgIpc) is 3.49. The molecule has 0 aromatic carbocycles. The maximum absolute atomic E-state index is 12.4. The number of carbonyl (C=O) groups excluding carboxylic acids is 3. The number of nitrogens with one attached hydrogen (secondary N) is 1. The summed E-state index contributed by atoms with van der Waals surface area (Å²) >= 11 is 2.57. The van der Waals surface area contributed by atoms with Gasteiger partial charge in [-0.1, -0.05) is 0 Å². The third kappa shape index (κ3) is 4.62. The molecule has 0 fully saturated rings. The highest BCUT2D eigenvalue weighted by molar-refractivity contribution is 7.17. The average molecular weight is 459 g/mol. The van der Waals surface area contributed by atoms with Crippen LogP contribution in [0.15, 0.2) is 23.8 Å². The number of thiazole rings is 1. The topological polar surface area (TPSA) is 120 Å². The molecule has 0 spiro atoms. The van der Waals surface area contributed by atoms with Gasteiger partial charge in [-0.25, -0.2) is 24.5 Å². The van der Waals surface area contributed by atoms with Crippen LogP contribution in [0.25, 0.3) is 10.8 Å². The van der Waals surface area contributed by atoms with E-state index in [4.69, 9.17) is 9.47 Å². The maximum atomic E-state index is 12.4. The van der Waals surface area contributed by atoms with E-state index in [1.54, 1.807) is 25.4 Å². The Morgan fingerprint density at radius 3 is 2.71 bits per heavy atom. The molecule has 11 heteroatoms. The summed E-state index contributed by atoms with van der Waals surface area (Å²) in [6.07, 6.45) is 5.79. The van der Waals surface area contributed by atoms with Gasteiger partial charge in [0, 0.05) is 22.7 Å². The van der Waals surface area contributed by atoms with Gasteiger partial charge in [-0.3, -0.25) is 4.79 Å². The molecule has 4 rings (SSSR count). The van der Waals surface area contributed by atoms with Crippen molar-refractivity contribution >= 4 is 45.5 Å². The second-order valence-electron chi connectivity index (χ2n) is 6.52. The van der Waals surface area contributed by atoms with E-state index in [-0.39, 0.29) is 12.3 Å². The number of ether oxygens (including phenoxy) is 2. The first-order valence-electron chi connectivity index (χ1n) is 9.58. The molecule has 1 aliphatic carbocycles. The Morgan fingerprint density at radius 1 is 1.13 bits per heavy atom. The van der Waals surface area contributed by atoms with Gasteiger partial charge < -0.3 is 14.8 Å². The lowest BCUT2D eigenvalue weighted by Gasteiger charge is -2.08. The number of anilines is 1. The SMILES string of the molecule is CCOC(=O)c1c(NC(=O)COC(=O)c2csc(-c3ncccn3)n2)sc2c1CCC2. The van der Waals surface area contributed by atoms with Crippen LogP contribution >= 0.6 is 22.7 Å². The summed E-state index contributed by atoms with van der Waals surface area (Å²) in [4.78, 5) is 50.4. The minimum Gasteiger partial charge on any atom is -0.462 e. The van der Waals surface area contributed by atoms with E-state index in [2.05, 4.69) is 20.3 Å². The van der Waals surface area contributed by atoms with Crippen LogP contribution in [0.3, 0.4) is 0 Å². The van der Waals surface area contributed by atoms with Crippen LogP contribution in [-0.4, -0.2) is 46.0 Å². The molecule has 3 aromatic rings. The fourth-order valence-electron chi connectivity index (χ4n) is 3.16. The molecule has 3 heterocycles. The van der Waals surface area contributed by atoms with Crippen LogP contribution in [0.1, 0.15) is 44.6 Å². The highest BCUT2D eigenvalue weighted by atomic mass is 32.1. The predicted molar refractivity (Wildman–Crippen MR) is 114 cm³/mol. The van der Waals surface area contributed by atoms with Gasteiger partial charge in [-0.15, -0.1) is 22.7 Å². The monoisotopic (exact) mass is 458 g/mol. The molecule has 1 amide bonds. The minimum absolute atomic E-state index is 0.0718. The van der Waals surface area contributed by atoms with Gasteiger partial charge in [0.05, 0.1) is 12.2 Å². The molecule has 160 valence electrons. The zero-order chi connectivity index (χ0) is 21.8. The number of hydrogen-bond donors (Lipinski definition) is 1. The van der Waals surface area contributed by atoms with Crippen molar-refractivity contribution in [2.75, 3.05) is 18.5 Å². The maximum Gasteiger partial charge on any atom is 0.358 e. The Hall–Kier alpha value is -3.18. The quantitative estimate of drug-likeness (QED) is 0.536. The summed E-state index contributed by atoms with van der Waals surface area (Å²) in [7, 11) is 0. The smallest absolute Gasteiger partial charge is 0.358 e. The first kappa shape index (κ1) is 21.1. The number of aromatic nitrogens is 3. The molecule has 0 aliphatic heterocycles. The van der Waals surface area contributed by atoms with Crippen molar-refractivity contribution in [3.8, 4) is 10.8 Å². The summed E-state index contributed by atoms with van der Waals surface area (Å²) in [5.74, 6) is -1.32. The summed E-state index contributed by atoms with van der Waals surface area (Å²) in [5.41, 5.74) is 1.42. The van der Waals surface area contributed by atoms with E-state index < -0.39 is 24.5 Å². The third-order valence-corrected chi connectivity index (χ3v) is 6.50. The number of nitrogens with zero attached hydrogens (tertiary/aromatic N) is 3. The summed E-state index contributed by atoms with van der Waals surface area (Å²) in [6, 6.07) is 1.68. The third-order valence-electron chi connectivity index (χ3n) is 4.46. The number of aryl methyl sites for hydroxylation is 1. The summed E-state index contributed by atoms with van der Waals surface area (Å²) in [6.45, 7) is 1.48. The molecule has 0 bridgehead atoms. The van der Waals surface area contributed by atoms with Gasteiger partial charge in [0.1, 0.15) is 5.00 Å². The number of esters is 2. The van der Waals surface area contributed by atoms with Crippen molar-refractivity contribution in [3.05, 3.63) is 45.5 Å². The first-order chi connectivity index (χ1) is 15.1. The van der Waals surface area contributed by atoms with E-state index in [9.17, 15) is 14.4 Å². The van der Waals surface area contributed by atoms with Crippen molar-refractivity contribution in [2.24, 2.45) is 0 Å². The van der Waals surface area contributed by atoms with Crippen LogP contribution < -0.4 is 5.32 Å². The standard InChI is InChI=1S/C20H18N4O5S2/c1-2-28-20(27)15-11-5-3-6-13(11)31-17(15)24-14(25)9-29-19(26)12-10-30-18(23-12)16-21-7-4-8-22-16/h4,7-8,10H,2-3,5-6,9H2,1H3,(H,24,25). The molecule has 9 nitrogen and oxygen atoms in total. The molecule has 0 saturated carbocycles. The summed E-state index contributed by atoms with van der Waals surface area (Å²) in [5, 5.41) is 5.11. The second kappa shape index (κ2) is 9.31. The van der Waals surface area contributed by atoms with Gasteiger partial charge in [-0.2, -0.15) is 0 Å². The molecule has 0 saturated heterocycles. The van der Waals surface area contributed by atoms with Crippen LogP contribution in [0.4, 0.5) is 5.00 Å². The number of hydrogen-bond acceptors (Lipinski definition) is 10. The van der Waals surface area contributed by atoms with E-state index in [0.717, 1.165) is 29.7 Å². The van der Waals surface area contributed by atoms with Gasteiger partial charge >= 0.3 is 11.9 Å². The minimum atomic E-state index is -0.729. The molecule has 0 unspecified atom stereocenters. The highest BCUT2D eigenvalue weighted by Crippen LogP contribution is 2.39. The molecular weight excluding hydrogens is 440 g/mol. The Labute approximate surface area is 185 Å². The zero-order valence-electron chi connectivity index (χ0n) is 16.5. The number of fused-ring (bicyclic) bond motifs is 1. The van der Waals surface area contributed by atoms with Gasteiger partial charge in [0.15, 0.2) is 23.1 Å². The summed E-state index contributed by atoms with van der Waals surface area (Å²) < 4.78 is 10.2. The van der Waals surface area contributed by atoms with E-state index in [1.807, 2.05) is 0 Å². The zero-order valence-corrected chi connectivity index (χ0v) is 18.2. The Bertz CT molecular complexity index is 1130. The van der Waals surface area contributed by atoms with Crippen molar-refractivity contribution in [1.29, 1.82) is 0 Å².